The predicted molar refractivity (Wildman–Crippen MR) is 348 cm³/mol. The van der Waals surface area contributed by atoms with Crippen molar-refractivity contribution in [3.63, 3.8) is 0 Å². The average Bonchev–Trinajstić information content (AvgIpc) is 1.34. The first kappa shape index (κ1) is 46.8. The highest BCUT2D eigenvalue weighted by atomic mass is 16.5. The summed E-state index contributed by atoms with van der Waals surface area (Å²) in [6.07, 6.45) is 0. The highest BCUT2D eigenvalue weighted by molar-refractivity contribution is 7.00. The van der Waals surface area contributed by atoms with E-state index >= 15 is 0 Å². The third kappa shape index (κ3) is 6.55. The summed E-state index contributed by atoms with van der Waals surface area (Å²) in [6.45, 7) is -0.248. The number of anilines is 6. The van der Waals surface area contributed by atoms with E-state index in [1.54, 1.807) is 0 Å². The number of ether oxygens (including phenoxy) is 1. The number of para-hydroxylation sites is 5. The van der Waals surface area contributed by atoms with E-state index in [1.807, 2.05) is 0 Å². The standard InChI is InChI=1S/C79H50BN3O/c1-4-24-51(25-5-1)54-44-45-72-66(46-54)80-67-49-65-77(84-76-43-23-18-38-64(76)79(65)62-36-16-10-32-58(62)59-33-11-17-37-63(59)79)50-73(67)83(69-40-20-13-31-57(69)53-28-8-3-9-29-53)75-48-55(81-70-41-21-14-34-60(70)61-35-15-22-42-71(61)81)47-74(78(75)80)82(72)68-39-19-12-30-56(68)52-26-6-2-7-27-52/h1-50H. The summed E-state index contributed by atoms with van der Waals surface area (Å²) in [7, 11) is 0. The fourth-order valence-electron chi connectivity index (χ4n) is 15.1. The van der Waals surface area contributed by atoms with Gasteiger partial charge in [0, 0.05) is 61.8 Å². The number of nitrogens with zero attached hydrogens (tertiary/aromatic N) is 3. The van der Waals surface area contributed by atoms with Crippen LogP contribution in [0.25, 0.3) is 72.0 Å². The van der Waals surface area contributed by atoms with Gasteiger partial charge in [-0.25, -0.2) is 0 Å². The van der Waals surface area contributed by atoms with Crippen molar-refractivity contribution in [3.8, 4) is 61.7 Å². The molecule has 390 valence electrons. The molecule has 3 aliphatic heterocycles. The summed E-state index contributed by atoms with van der Waals surface area (Å²) in [4.78, 5) is 5.18. The molecular weight excluding hydrogens is 1020 g/mol. The molecule has 1 aliphatic carbocycles. The van der Waals surface area contributed by atoms with Crippen LogP contribution in [0.5, 0.6) is 11.5 Å². The van der Waals surface area contributed by atoms with Gasteiger partial charge in [-0.1, -0.05) is 249 Å². The Bertz CT molecular complexity index is 4930. The quantitative estimate of drug-likeness (QED) is 0.155. The van der Waals surface area contributed by atoms with E-state index in [2.05, 4.69) is 318 Å². The Morgan fingerprint density at radius 3 is 1.35 bits per heavy atom. The van der Waals surface area contributed by atoms with Crippen molar-refractivity contribution < 1.29 is 4.74 Å². The number of fused-ring (bicyclic) bond motifs is 16. The largest absolute Gasteiger partial charge is 0.457 e. The molecule has 0 bridgehead atoms. The van der Waals surface area contributed by atoms with Crippen molar-refractivity contribution in [2.24, 2.45) is 0 Å². The Balaban J connectivity index is 1.03. The van der Waals surface area contributed by atoms with Crippen molar-refractivity contribution in [1.82, 2.24) is 4.57 Å². The average molecular weight is 1070 g/mol. The molecule has 0 saturated heterocycles. The van der Waals surface area contributed by atoms with E-state index < -0.39 is 5.41 Å². The number of hydrogen-bond acceptors (Lipinski definition) is 3. The van der Waals surface area contributed by atoms with Crippen LogP contribution in [0.2, 0.25) is 0 Å². The fourth-order valence-corrected chi connectivity index (χ4v) is 15.1. The molecule has 14 aromatic rings. The molecule has 0 fully saturated rings. The molecule has 0 N–H and O–H groups in total. The molecular formula is C79H50BN3O. The zero-order chi connectivity index (χ0) is 55.0. The Kier molecular flexibility index (Phi) is 10.1. The van der Waals surface area contributed by atoms with Gasteiger partial charge in [-0.05, 0) is 109 Å². The maximum atomic E-state index is 7.47. The highest BCUT2D eigenvalue weighted by Crippen LogP contribution is 2.63. The SMILES string of the molecule is c1ccc(-c2ccc3c(c2)B2c4cc5c(cc4N(c4ccccc4-c4ccccc4)c4cc(-n6c7ccccc7c7ccccc76)cc(c42)N3c2ccccc2-c2ccccc2)Oc2ccccc2C52c3ccccc3-c3ccccc32)cc1. The second-order valence-electron chi connectivity index (χ2n) is 22.6. The van der Waals surface area contributed by atoms with E-state index in [4.69, 9.17) is 4.74 Å². The fraction of sp³-hybridized carbons (Fsp3) is 0.0127. The van der Waals surface area contributed by atoms with Crippen LogP contribution in [0, 0.1) is 0 Å². The van der Waals surface area contributed by atoms with Gasteiger partial charge in [0.05, 0.1) is 33.5 Å². The molecule has 0 amide bonds. The van der Waals surface area contributed by atoms with Crippen molar-refractivity contribution in [1.29, 1.82) is 0 Å². The van der Waals surface area contributed by atoms with Gasteiger partial charge in [-0.15, -0.1) is 0 Å². The Morgan fingerprint density at radius 1 is 0.286 bits per heavy atom. The van der Waals surface area contributed by atoms with Crippen LogP contribution in [0.4, 0.5) is 34.1 Å². The molecule has 84 heavy (non-hydrogen) atoms. The molecule has 0 radical (unpaired) electrons. The lowest BCUT2D eigenvalue weighted by Gasteiger charge is -2.46. The van der Waals surface area contributed by atoms with Crippen LogP contribution >= 0.6 is 0 Å². The number of hydrogen-bond donors (Lipinski definition) is 0. The van der Waals surface area contributed by atoms with Gasteiger partial charge in [0.1, 0.15) is 11.5 Å². The molecule has 0 atom stereocenters. The van der Waals surface area contributed by atoms with Crippen LogP contribution < -0.4 is 30.9 Å². The molecule has 0 saturated carbocycles. The van der Waals surface area contributed by atoms with Crippen LogP contribution in [-0.2, 0) is 5.41 Å². The smallest absolute Gasteiger partial charge is 0.252 e. The Labute approximate surface area is 488 Å². The molecule has 13 aromatic carbocycles. The summed E-state index contributed by atoms with van der Waals surface area (Å²) in [5.74, 6) is 1.71. The zero-order valence-electron chi connectivity index (χ0n) is 45.7. The lowest BCUT2D eigenvalue weighted by Crippen LogP contribution is -2.61. The third-order valence-corrected chi connectivity index (χ3v) is 18.4. The molecule has 4 nitrogen and oxygen atoms in total. The minimum Gasteiger partial charge on any atom is -0.457 e. The van der Waals surface area contributed by atoms with Crippen molar-refractivity contribution in [3.05, 3.63) is 326 Å². The zero-order valence-corrected chi connectivity index (χ0v) is 45.7. The Hall–Kier alpha value is -10.9. The van der Waals surface area contributed by atoms with Crippen LogP contribution in [0.3, 0.4) is 0 Å². The van der Waals surface area contributed by atoms with Crippen LogP contribution in [0.15, 0.2) is 303 Å². The molecule has 1 spiro atoms. The van der Waals surface area contributed by atoms with Gasteiger partial charge in [0.2, 0.25) is 0 Å². The van der Waals surface area contributed by atoms with E-state index in [0.717, 1.165) is 95.7 Å². The van der Waals surface area contributed by atoms with Crippen molar-refractivity contribution >= 4 is 79.0 Å². The summed E-state index contributed by atoms with van der Waals surface area (Å²) >= 11 is 0. The van der Waals surface area contributed by atoms with Gasteiger partial charge < -0.3 is 19.1 Å². The number of aromatic nitrogens is 1. The van der Waals surface area contributed by atoms with Gasteiger partial charge in [0.25, 0.3) is 6.71 Å². The molecule has 4 aliphatic rings. The first-order valence-corrected chi connectivity index (χ1v) is 29.1. The third-order valence-electron chi connectivity index (χ3n) is 18.4. The van der Waals surface area contributed by atoms with E-state index in [-0.39, 0.29) is 6.71 Å². The monoisotopic (exact) mass is 1070 g/mol. The molecule has 1 aromatic heterocycles. The molecule has 4 heterocycles. The summed E-state index contributed by atoms with van der Waals surface area (Å²) in [6, 6.07) is 113. The summed E-state index contributed by atoms with van der Waals surface area (Å²) < 4.78 is 9.96. The van der Waals surface area contributed by atoms with Crippen LogP contribution in [-0.4, -0.2) is 11.3 Å². The van der Waals surface area contributed by atoms with Crippen molar-refractivity contribution in [2.45, 2.75) is 5.41 Å². The lowest BCUT2D eigenvalue weighted by atomic mass is 9.33. The summed E-state index contributed by atoms with van der Waals surface area (Å²) in [5.41, 5.74) is 27.2. The molecule has 0 unspecified atom stereocenters. The number of rotatable bonds is 6. The van der Waals surface area contributed by atoms with Crippen molar-refractivity contribution in [2.75, 3.05) is 9.80 Å². The van der Waals surface area contributed by atoms with Gasteiger partial charge >= 0.3 is 0 Å². The maximum absolute atomic E-state index is 7.47. The van der Waals surface area contributed by atoms with E-state index in [1.165, 1.54) is 60.5 Å². The first-order valence-electron chi connectivity index (χ1n) is 29.1. The molecule has 5 heteroatoms. The van der Waals surface area contributed by atoms with Gasteiger partial charge in [-0.2, -0.15) is 0 Å². The first-order chi connectivity index (χ1) is 41.7. The second kappa shape index (κ2) is 18.1. The van der Waals surface area contributed by atoms with Gasteiger partial charge in [-0.3, -0.25) is 0 Å². The minimum absolute atomic E-state index is 0.248. The topological polar surface area (TPSA) is 20.6 Å². The normalized spacial score (nSPS) is 13.6. The minimum atomic E-state index is -0.688. The molecule has 18 rings (SSSR count). The lowest BCUT2D eigenvalue weighted by molar-refractivity contribution is 0.437. The van der Waals surface area contributed by atoms with E-state index in [0.29, 0.717) is 0 Å². The maximum Gasteiger partial charge on any atom is 0.252 e. The summed E-state index contributed by atoms with van der Waals surface area (Å²) in [5, 5.41) is 2.43. The van der Waals surface area contributed by atoms with Gasteiger partial charge in [0.15, 0.2) is 0 Å². The second-order valence-corrected chi connectivity index (χ2v) is 22.6. The Morgan fingerprint density at radius 2 is 0.750 bits per heavy atom. The highest BCUT2D eigenvalue weighted by Gasteiger charge is 2.53. The van der Waals surface area contributed by atoms with E-state index in [9.17, 15) is 0 Å². The predicted octanol–water partition coefficient (Wildman–Crippen LogP) is 18.3. The van der Waals surface area contributed by atoms with Crippen LogP contribution in [0.1, 0.15) is 22.3 Å². The number of benzene rings is 13.